The normalized spacial score (nSPS) is 16.9. The van der Waals surface area contributed by atoms with E-state index in [1.807, 2.05) is 0 Å². The first-order valence-corrected chi connectivity index (χ1v) is 6.20. The van der Waals surface area contributed by atoms with Crippen molar-refractivity contribution in [2.45, 2.75) is 32.1 Å². The van der Waals surface area contributed by atoms with Crippen molar-refractivity contribution in [1.29, 1.82) is 0 Å². The van der Waals surface area contributed by atoms with Gasteiger partial charge >= 0.3 is 0 Å². The van der Waals surface area contributed by atoms with Crippen molar-refractivity contribution in [2.24, 2.45) is 0 Å². The lowest BCUT2D eigenvalue weighted by Gasteiger charge is -2.23. The van der Waals surface area contributed by atoms with Gasteiger partial charge in [-0.15, -0.1) is 0 Å². The van der Waals surface area contributed by atoms with Crippen molar-refractivity contribution >= 4 is 21.4 Å². The Labute approximate surface area is 97.5 Å². The molecular weight excluding hydrogens is 252 g/mol. The molecule has 0 spiro atoms. The highest BCUT2D eigenvalue weighted by molar-refractivity contribution is 9.10. The Bertz CT molecular complexity index is 512. The van der Waals surface area contributed by atoms with E-state index in [9.17, 15) is 0 Å². The molecule has 0 saturated heterocycles. The summed E-state index contributed by atoms with van der Waals surface area (Å²) in [4.78, 5) is 4.65. The molecule has 3 heteroatoms. The SMILES string of the molecule is Cc1cccn2c(C3CCC3)nc(Br)c12. The summed E-state index contributed by atoms with van der Waals surface area (Å²) in [7, 11) is 0. The largest absolute Gasteiger partial charge is 0.302 e. The number of hydrogen-bond donors (Lipinski definition) is 0. The summed E-state index contributed by atoms with van der Waals surface area (Å²) >= 11 is 3.56. The van der Waals surface area contributed by atoms with Gasteiger partial charge in [0.15, 0.2) is 0 Å². The van der Waals surface area contributed by atoms with E-state index in [0.29, 0.717) is 5.92 Å². The van der Waals surface area contributed by atoms with Gasteiger partial charge in [-0.1, -0.05) is 12.5 Å². The summed E-state index contributed by atoms with van der Waals surface area (Å²) in [6, 6.07) is 4.23. The maximum Gasteiger partial charge on any atom is 0.132 e. The van der Waals surface area contributed by atoms with Crippen LogP contribution >= 0.6 is 15.9 Å². The molecule has 1 aliphatic carbocycles. The number of rotatable bonds is 1. The average molecular weight is 265 g/mol. The quantitative estimate of drug-likeness (QED) is 0.769. The van der Waals surface area contributed by atoms with E-state index in [0.717, 1.165) is 4.60 Å². The number of imidazole rings is 1. The Morgan fingerprint density at radius 2 is 2.27 bits per heavy atom. The molecule has 0 radical (unpaired) electrons. The molecule has 0 aromatic carbocycles. The zero-order valence-corrected chi connectivity index (χ0v) is 10.3. The van der Waals surface area contributed by atoms with E-state index in [4.69, 9.17) is 0 Å². The number of aryl methyl sites for hydroxylation is 1. The summed E-state index contributed by atoms with van der Waals surface area (Å²) in [6.07, 6.45) is 6.05. The Balaban J connectivity index is 2.27. The number of hydrogen-bond acceptors (Lipinski definition) is 1. The molecule has 2 heterocycles. The van der Waals surface area contributed by atoms with Gasteiger partial charge in [0.1, 0.15) is 10.4 Å². The highest BCUT2D eigenvalue weighted by Gasteiger charge is 2.25. The zero-order chi connectivity index (χ0) is 10.4. The highest BCUT2D eigenvalue weighted by Crippen LogP contribution is 2.37. The summed E-state index contributed by atoms with van der Waals surface area (Å²) in [5.74, 6) is 1.90. The van der Waals surface area contributed by atoms with Crippen LogP contribution in [0.5, 0.6) is 0 Å². The lowest BCUT2D eigenvalue weighted by molar-refractivity contribution is 0.400. The third-order valence-corrected chi connectivity index (χ3v) is 3.87. The first-order valence-electron chi connectivity index (χ1n) is 5.40. The lowest BCUT2D eigenvalue weighted by Crippen LogP contribution is -2.12. The van der Waals surface area contributed by atoms with Crippen molar-refractivity contribution in [3.05, 3.63) is 34.3 Å². The van der Waals surface area contributed by atoms with Crippen LogP contribution in [0.4, 0.5) is 0 Å². The van der Waals surface area contributed by atoms with Gasteiger partial charge in [0, 0.05) is 12.1 Å². The summed E-state index contributed by atoms with van der Waals surface area (Å²) in [5.41, 5.74) is 2.50. The molecule has 15 heavy (non-hydrogen) atoms. The third-order valence-electron chi connectivity index (χ3n) is 3.32. The van der Waals surface area contributed by atoms with E-state index in [2.05, 4.69) is 50.6 Å². The Kier molecular flexibility index (Phi) is 2.09. The van der Waals surface area contributed by atoms with E-state index in [1.54, 1.807) is 0 Å². The van der Waals surface area contributed by atoms with Crippen molar-refractivity contribution < 1.29 is 0 Å². The summed E-state index contributed by atoms with van der Waals surface area (Å²) < 4.78 is 3.23. The summed E-state index contributed by atoms with van der Waals surface area (Å²) in [5, 5.41) is 0. The maximum atomic E-state index is 4.65. The van der Waals surface area contributed by atoms with Crippen LogP contribution in [-0.4, -0.2) is 9.38 Å². The van der Waals surface area contributed by atoms with Crippen LogP contribution in [-0.2, 0) is 0 Å². The van der Waals surface area contributed by atoms with Crippen LogP contribution in [0, 0.1) is 6.92 Å². The Hall–Kier alpha value is -0.830. The van der Waals surface area contributed by atoms with E-state index in [-0.39, 0.29) is 0 Å². The predicted octanol–water partition coefficient (Wildman–Crippen LogP) is 3.67. The minimum absolute atomic E-state index is 0.672. The van der Waals surface area contributed by atoms with Gasteiger partial charge in [-0.05, 0) is 47.3 Å². The van der Waals surface area contributed by atoms with Crippen LogP contribution in [0.2, 0.25) is 0 Å². The number of aromatic nitrogens is 2. The molecule has 78 valence electrons. The molecule has 1 aliphatic rings. The van der Waals surface area contributed by atoms with Gasteiger partial charge in [-0.3, -0.25) is 0 Å². The van der Waals surface area contributed by atoms with Crippen LogP contribution in [0.3, 0.4) is 0 Å². The lowest BCUT2D eigenvalue weighted by atomic mass is 9.85. The van der Waals surface area contributed by atoms with Gasteiger partial charge in [0.05, 0.1) is 5.52 Å². The average Bonchev–Trinajstić information content (AvgIpc) is 2.43. The zero-order valence-electron chi connectivity index (χ0n) is 8.70. The standard InChI is InChI=1S/C12H13BrN2/c1-8-4-3-7-15-10(8)11(13)14-12(15)9-5-2-6-9/h3-4,7,9H,2,5-6H2,1H3. The van der Waals surface area contributed by atoms with E-state index in [1.165, 1.54) is 36.2 Å². The highest BCUT2D eigenvalue weighted by atomic mass is 79.9. The Morgan fingerprint density at radius 1 is 1.47 bits per heavy atom. The second kappa shape index (κ2) is 3.34. The molecule has 0 unspecified atom stereocenters. The maximum absolute atomic E-state index is 4.65. The van der Waals surface area contributed by atoms with Crippen LogP contribution in [0.25, 0.3) is 5.52 Å². The molecule has 3 rings (SSSR count). The van der Waals surface area contributed by atoms with Gasteiger partial charge < -0.3 is 4.40 Å². The molecular formula is C12H13BrN2. The molecule has 0 atom stereocenters. The van der Waals surface area contributed by atoms with E-state index < -0.39 is 0 Å². The molecule has 1 fully saturated rings. The monoisotopic (exact) mass is 264 g/mol. The minimum atomic E-state index is 0.672. The smallest absolute Gasteiger partial charge is 0.132 e. The first-order chi connectivity index (χ1) is 7.27. The van der Waals surface area contributed by atoms with Crippen molar-refractivity contribution in [3.8, 4) is 0 Å². The fourth-order valence-corrected chi connectivity index (χ4v) is 2.92. The van der Waals surface area contributed by atoms with Gasteiger partial charge in [-0.25, -0.2) is 4.98 Å². The summed E-state index contributed by atoms with van der Waals surface area (Å²) in [6.45, 7) is 2.13. The number of fused-ring (bicyclic) bond motifs is 1. The predicted molar refractivity (Wildman–Crippen MR) is 64.2 cm³/mol. The fraction of sp³-hybridized carbons (Fsp3) is 0.417. The fourth-order valence-electron chi connectivity index (χ4n) is 2.23. The van der Waals surface area contributed by atoms with Crippen molar-refractivity contribution in [3.63, 3.8) is 0 Å². The first kappa shape index (κ1) is 9.40. The molecule has 0 bridgehead atoms. The molecule has 2 nitrogen and oxygen atoms in total. The molecule has 0 amide bonds. The molecule has 2 aromatic rings. The molecule has 2 aromatic heterocycles. The van der Waals surface area contributed by atoms with Crippen LogP contribution in [0.15, 0.2) is 22.9 Å². The van der Waals surface area contributed by atoms with Gasteiger partial charge in [0.25, 0.3) is 0 Å². The third kappa shape index (κ3) is 1.33. The molecule has 1 saturated carbocycles. The molecule has 0 N–H and O–H groups in total. The Morgan fingerprint density at radius 3 is 2.93 bits per heavy atom. The van der Waals surface area contributed by atoms with Crippen molar-refractivity contribution in [1.82, 2.24) is 9.38 Å². The second-order valence-electron chi connectivity index (χ2n) is 4.30. The molecule has 0 aliphatic heterocycles. The number of halogens is 1. The number of pyridine rings is 1. The van der Waals surface area contributed by atoms with Gasteiger partial charge in [0.2, 0.25) is 0 Å². The van der Waals surface area contributed by atoms with Crippen molar-refractivity contribution in [2.75, 3.05) is 0 Å². The van der Waals surface area contributed by atoms with Crippen LogP contribution < -0.4 is 0 Å². The minimum Gasteiger partial charge on any atom is -0.302 e. The topological polar surface area (TPSA) is 17.3 Å². The van der Waals surface area contributed by atoms with Gasteiger partial charge in [-0.2, -0.15) is 0 Å². The van der Waals surface area contributed by atoms with E-state index >= 15 is 0 Å². The second-order valence-corrected chi connectivity index (χ2v) is 5.05. The number of nitrogens with zero attached hydrogens (tertiary/aromatic N) is 2. The van der Waals surface area contributed by atoms with Crippen LogP contribution in [0.1, 0.15) is 36.6 Å².